The van der Waals surface area contributed by atoms with Crippen molar-refractivity contribution >= 4 is 40.2 Å². The molecule has 2 heterocycles. The molecule has 3 atom stereocenters. The molecule has 8 heteroatoms. The van der Waals surface area contributed by atoms with Crippen LogP contribution in [0.2, 0.25) is 5.02 Å². The molecule has 0 bridgehead atoms. The average molecular weight is 492 g/mol. The minimum atomic E-state index is -0.693. The van der Waals surface area contributed by atoms with Crippen molar-refractivity contribution in [2.75, 3.05) is 32.5 Å². The number of thioether (sulfide) groups is 1. The zero-order valence-corrected chi connectivity index (χ0v) is 20.8. The number of ether oxygens (including phenoxy) is 1. The van der Waals surface area contributed by atoms with Crippen LogP contribution in [0, 0.1) is 11.8 Å². The number of carboxylic acid groups (broad SMARTS) is 1. The van der Waals surface area contributed by atoms with Gasteiger partial charge in [0.25, 0.3) is 0 Å². The summed E-state index contributed by atoms with van der Waals surface area (Å²) in [5.41, 5.74) is 8.30. The number of carboxylic acids is 1. The fourth-order valence-corrected chi connectivity index (χ4v) is 6.65. The molecule has 2 fully saturated rings. The minimum absolute atomic E-state index is 0.130. The Morgan fingerprint density at radius 2 is 2.21 bits per heavy atom. The molecule has 3 unspecified atom stereocenters. The van der Waals surface area contributed by atoms with Crippen LogP contribution in [0.4, 0.5) is 0 Å². The van der Waals surface area contributed by atoms with Gasteiger partial charge < -0.3 is 20.5 Å². The standard InChI is InChI=1S/C25H34ClN3O3S/c1-32-17-6-8-23-19(13-17)24(21(26)14-28-23)22(27)7-5-16-9-10-29(15-20(16)25(30)31)11-12-33-18-3-2-4-18/h6,8,13-14,16,18,20,22H,2-5,7,9-12,15,27H2,1H3,(H,30,31). The van der Waals surface area contributed by atoms with Crippen LogP contribution < -0.4 is 10.5 Å². The van der Waals surface area contributed by atoms with E-state index < -0.39 is 5.97 Å². The molecule has 0 amide bonds. The molecular formula is C25H34ClN3O3S. The van der Waals surface area contributed by atoms with Gasteiger partial charge in [-0.3, -0.25) is 9.78 Å². The first-order valence-electron chi connectivity index (χ1n) is 11.9. The summed E-state index contributed by atoms with van der Waals surface area (Å²) in [6, 6.07) is 5.40. The van der Waals surface area contributed by atoms with Gasteiger partial charge in [-0.05, 0) is 68.3 Å². The van der Waals surface area contributed by atoms with Crippen molar-refractivity contribution in [1.29, 1.82) is 0 Å². The zero-order chi connectivity index (χ0) is 23.4. The number of hydrogen-bond acceptors (Lipinski definition) is 6. The van der Waals surface area contributed by atoms with Crippen LogP contribution in [0.15, 0.2) is 24.4 Å². The van der Waals surface area contributed by atoms with Crippen molar-refractivity contribution < 1.29 is 14.6 Å². The lowest BCUT2D eigenvalue weighted by molar-refractivity contribution is -0.146. The summed E-state index contributed by atoms with van der Waals surface area (Å²) in [6.07, 6.45) is 8.04. The van der Waals surface area contributed by atoms with E-state index in [2.05, 4.69) is 21.6 Å². The Kier molecular flexibility index (Phi) is 8.38. The van der Waals surface area contributed by atoms with E-state index in [4.69, 9.17) is 22.1 Å². The lowest BCUT2D eigenvalue weighted by Crippen LogP contribution is -2.45. The topological polar surface area (TPSA) is 88.7 Å². The van der Waals surface area contributed by atoms with Crippen molar-refractivity contribution in [3.8, 4) is 5.75 Å². The lowest BCUT2D eigenvalue weighted by atomic mass is 9.81. The smallest absolute Gasteiger partial charge is 0.308 e. The number of carbonyl (C=O) groups is 1. The quantitative estimate of drug-likeness (QED) is 0.484. The second-order valence-electron chi connectivity index (χ2n) is 9.30. The number of aromatic nitrogens is 1. The van der Waals surface area contributed by atoms with Gasteiger partial charge in [-0.2, -0.15) is 11.8 Å². The number of nitrogens with two attached hydrogens (primary N) is 1. The highest BCUT2D eigenvalue weighted by atomic mass is 35.5. The number of methoxy groups -OCH3 is 1. The van der Waals surface area contributed by atoms with E-state index in [0.29, 0.717) is 18.0 Å². The monoisotopic (exact) mass is 491 g/mol. The van der Waals surface area contributed by atoms with E-state index in [1.54, 1.807) is 13.3 Å². The average Bonchev–Trinajstić information content (AvgIpc) is 2.78. The molecule has 4 rings (SSSR count). The van der Waals surface area contributed by atoms with E-state index in [1.807, 2.05) is 18.2 Å². The van der Waals surface area contributed by atoms with Gasteiger partial charge >= 0.3 is 5.97 Å². The normalized spacial score (nSPS) is 22.8. The fourth-order valence-electron chi connectivity index (χ4n) is 4.99. The van der Waals surface area contributed by atoms with Gasteiger partial charge in [0, 0.05) is 41.7 Å². The van der Waals surface area contributed by atoms with Crippen LogP contribution >= 0.6 is 23.4 Å². The molecule has 180 valence electrons. The van der Waals surface area contributed by atoms with E-state index >= 15 is 0 Å². The van der Waals surface area contributed by atoms with Crippen LogP contribution in [0.25, 0.3) is 10.9 Å². The molecule has 1 aromatic heterocycles. The number of rotatable bonds is 10. The third-order valence-electron chi connectivity index (χ3n) is 7.26. The first kappa shape index (κ1) is 24.6. The van der Waals surface area contributed by atoms with E-state index in [0.717, 1.165) is 59.1 Å². The molecule has 1 aliphatic heterocycles. The third-order valence-corrected chi connectivity index (χ3v) is 8.92. The maximum atomic E-state index is 12.1. The lowest BCUT2D eigenvalue weighted by Gasteiger charge is -2.37. The van der Waals surface area contributed by atoms with Gasteiger partial charge in [-0.15, -0.1) is 0 Å². The minimum Gasteiger partial charge on any atom is -0.497 e. The predicted octanol–water partition coefficient (Wildman–Crippen LogP) is 4.99. The van der Waals surface area contributed by atoms with Crippen molar-refractivity contribution in [2.24, 2.45) is 17.6 Å². The first-order valence-corrected chi connectivity index (χ1v) is 13.3. The van der Waals surface area contributed by atoms with Crippen LogP contribution in [-0.4, -0.2) is 58.7 Å². The number of benzene rings is 1. The number of pyridine rings is 1. The zero-order valence-electron chi connectivity index (χ0n) is 19.2. The van der Waals surface area contributed by atoms with Crippen LogP contribution in [0.1, 0.15) is 50.1 Å². The first-order chi connectivity index (χ1) is 16.0. The van der Waals surface area contributed by atoms with Gasteiger partial charge in [0.2, 0.25) is 0 Å². The van der Waals surface area contributed by atoms with Gasteiger partial charge in [0.15, 0.2) is 0 Å². The Labute approximate surface area is 205 Å². The number of halogens is 1. The van der Waals surface area contributed by atoms with Crippen molar-refractivity contribution in [3.63, 3.8) is 0 Å². The van der Waals surface area contributed by atoms with Crippen molar-refractivity contribution in [2.45, 2.75) is 49.8 Å². The maximum Gasteiger partial charge on any atom is 0.308 e. The summed E-state index contributed by atoms with van der Waals surface area (Å²) in [5, 5.41) is 12.2. The summed E-state index contributed by atoms with van der Waals surface area (Å²) >= 11 is 8.56. The molecule has 2 aromatic rings. The molecule has 1 aromatic carbocycles. The van der Waals surface area contributed by atoms with E-state index in [1.165, 1.54) is 19.3 Å². The predicted molar refractivity (Wildman–Crippen MR) is 135 cm³/mol. The molecule has 3 N–H and O–H groups in total. The number of piperidine rings is 1. The Morgan fingerprint density at radius 1 is 1.39 bits per heavy atom. The summed E-state index contributed by atoms with van der Waals surface area (Å²) in [6.45, 7) is 2.58. The summed E-state index contributed by atoms with van der Waals surface area (Å²) in [4.78, 5) is 18.8. The molecule has 0 radical (unpaired) electrons. The van der Waals surface area contributed by atoms with Crippen LogP contribution in [0.5, 0.6) is 5.75 Å². The number of likely N-dealkylation sites (tertiary alicyclic amines) is 1. The van der Waals surface area contributed by atoms with Crippen molar-refractivity contribution in [1.82, 2.24) is 9.88 Å². The number of hydrogen-bond donors (Lipinski definition) is 2. The maximum absolute atomic E-state index is 12.1. The van der Waals surface area contributed by atoms with Crippen LogP contribution in [0.3, 0.4) is 0 Å². The Morgan fingerprint density at radius 3 is 2.91 bits per heavy atom. The number of nitrogens with zero attached hydrogens (tertiary/aromatic N) is 2. The molecule has 33 heavy (non-hydrogen) atoms. The highest BCUT2D eigenvalue weighted by molar-refractivity contribution is 7.99. The summed E-state index contributed by atoms with van der Waals surface area (Å²) < 4.78 is 5.37. The molecule has 1 aliphatic carbocycles. The van der Waals surface area contributed by atoms with Crippen LogP contribution in [-0.2, 0) is 4.79 Å². The summed E-state index contributed by atoms with van der Waals surface area (Å²) in [7, 11) is 1.63. The molecule has 1 saturated heterocycles. The van der Waals surface area contributed by atoms with Gasteiger partial charge in [0.05, 0.1) is 23.6 Å². The Bertz CT molecular complexity index is 971. The second kappa shape index (κ2) is 11.3. The van der Waals surface area contributed by atoms with Crippen molar-refractivity contribution in [3.05, 3.63) is 35.0 Å². The third kappa shape index (κ3) is 5.94. The summed E-state index contributed by atoms with van der Waals surface area (Å²) in [5.74, 6) is 0.926. The van der Waals surface area contributed by atoms with Gasteiger partial charge in [0.1, 0.15) is 5.75 Å². The Hall–Kier alpha value is -1.54. The molecular weight excluding hydrogens is 458 g/mol. The molecule has 2 aliphatic rings. The Balaban J connectivity index is 1.37. The highest BCUT2D eigenvalue weighted by Gasteiger charge is 2.34. The highest BCUT2D eigenvalue weighted by Crippen LogP contribution is 2.36. The molecule has 6 nitrogen and oxygen atoms in total. The second-order valence-corrected chi connectivity index (χ2v) is 11.1. The molecule has 1 saturated carbocycles. The number of fused-ring (bicyclic) bond motifs is 1. The van der Waals surface area contributed by atoms with E-state index in [-0.39, 0.29) is 17.9 Å². The molecule has 0 spiro atoms. The largest absolute Gasteiger partial charge is 0.497 e. The number of aliphatic carboxylic acids is 1. The SMILES string of the molecule is COc1ccc2ncc(Cl)c(C(N)CCC3CCN(CCSC4CCC4)CC3C(=O)O)c2c1. The van der Waals surface area contributed by atoms with Gasteiger partial charge in [-0.1, -0.05) is 18.0 Å². The van der Waals surface area contributed by atoms with E-state index in [9.17, 15) is 9.90 Å². The van der Waals surface area contributed by atoms with Gasteiger partial charge in [-0.25, -0.2) is 0 Å². The fraction of sp³-hybridized carbons (Fsp3) is 0.600.